The third kappa shape index (κ3) is 20.1. The summed E-state index contributed by atoms with van der Waals surface area (Å²) in [6.07, 6.45) is 19.3. The molecule has 3 N–H and O–H groups in total. The van der Waals surface area contributed by atoms with Crippen molar-refractivity contribution in [3.05, 3.63) is 0 Å². The lowest BCUT2D eigenvalue weighted by molar-refractivity contribution is -0.141. The molecule has 0 heterocycles. The average molecular weight is 429 g/mol. The van der Waals surface area contributed by atoms with E-state index in [9.17, 15) is 14.7 Å². The van der Waals surface area contributed by atoms with Crippen LogP contribution >= 0.6 is 0 Å². The van der Waals surface area contributed by atoms with Gasteiger partial charge in [-0.05, 0) is 13.3 Å². The summed E-state index contributed by atoms with van der Waals surface area (Å²) in [5.74, 6) is -0.981. The molecule has 0 aromatic rings. The number of rotatable bonds is 22. The molecule has 0 aromatic carbocycles. The molecule has 0 bridgehead atoms. The van der Waals surface area contributed by atoms with E-state index in [1.54, 1.807) is 0 Å². The minimum absolute atomic E-state index is 0.00515. The molecule has 0 aliphatic carbocycles. The van der Waals surface area contributed by atoms with Crippen LogP contribution in [0.5, 0.6) is 0 Å². The largest absolute Gasteiger partial charge is 0.480 e. The van der Waals surface area contributed by atoms with Gasteiger partial charge in [-0.1, -0.05) is 96.8 Å². The van der Waals surface area contributed by atoms with Gasteiger partial charge in [0.1, 0.15) is 6.23 Å². The van der Waals surface area contributed by atoms with Gasteiger partial charge in [-0.25, -0.2) is 0 Å². The lowest BCUT2D eigenvalue weighted by atomic mass is 10.0. The molecule has 30 heavy (non-hydrogen) atoms. The van der Waals surface area contributed by atoms with E-state index >= 15 is 0 Å². The summed E-state index contributed by atoms with van der Waals surface area (Å²) in [5.41, 5.74) is 0. The number of carbonyl (C=O) groups is 2. The summed E-state index contributed by atoms with van der Waals surface area (Å²) in [7, 11) is 0. The molecular formula is C24H48N2O4. The van der Waals surface area contributed by atoms with Gasteiger partial charge in [0.15, 0.2) is 0 Å². The van der Waals surface area contributed by atoms with Gasteiger partial charge in [0, 0.05) is 19.5 Å². The number of amides is 1. The highest BCUT2D eigenvalue weighted by Crippen LogP contribution is 2.13. The van der Waals surface area contributed by atoms with Crippen molar-refractivity contribution in [2.75, 3.05) is 19.6 Å². The fourth-order valence-electron chi connectivity index (χ4n) is 3.66. The monoisotopic (exact) mass is 428 g/mol. The molecule has 0 aromatic heterocycles. The molecule has 0 spiro atoms. The number of nitrogens with one attached hydrogen (secondary N) is 1. The smallest absolute Gasteiger partial charge is 0.317 e. The fraction of sp³-hybridized carbons (Fsp3) is 0.917. The molecule has 0 saturated carbocycles. The van der Waals surface area contributed by atoms with E-state index in [-0.39, 0.29) is 12.5 Å². The molecule has 6 heteroatoms. The number of carboxylic acid groups (broad SMARTS) is 1. The number of aliphatic hydroxyl groups excluding tert-OH is 1. The topological polar surface area (TPSA) is 89.9 Å². The van der Waals surface area contributed by atoms with Crippen LogP contribution in [-0.2, 0) is 9.59 Å². The Morgan fingerprint density at radius 1 is 0.800 bits per heavy atom. The molecule has 1 atom stereocenters. The second-order valence-electron chi connectivity index (χ2n) is 8.55. The van der Waals surface area contributed by atoms with Crippen LogP contribution in [0, 0.1) is 0 Å². The van der Waals surface area contributed by atoms with Gasteiger partial charge < -0.3 is 15.5 Å². The highest BCUT2D eigenvalue weighted by atomic mass is 16.4. The summed E-state index contributed by atoms with van der Waals surface area (Å²) in [5, 5.41) is 21.1. The van der Waals surface area contributed by atoms with Crippen molar-refractivity contribution in [1.29, 1.82) is 0 Å². The minimum atomic E-state index is -0.986. The van der Waals surface area contributed by atoms with Crippen LogP contribution in [0.25, 0.3) is 0 Å². The van der Waals surface area contributed by atoms with Crippen LogP contribution in [0.2, 0.25) is 0 Å². The van der Waals surface area contributed by atoms with Crippen molar-refractivity contribution in [2.24, 2.45) is 0 Å². The van der Waals surface area contributed by atoms with E-state index < -0.39 is 12.2 Å². The summed E-state index contributed by atoms with van der Waals surface area (Å²) in [6.45, 7) is 4.25. The van der Waals surface area contributed by atoms with Crippen LogP contribution < -0.4 is 5.32 Å². The Kier molecular flexibility index (Phi) is 20.3. The van der Waals surface area contributed by atoms with Gasteiger partial charge in [-0.15, -0.1) is 0 Å². The minimum Gasteiger partial charge on any atom is -0.480 e. The Hall–Kier alpha value is -1.14. The number of carbonyl (C=O) groups excluding carboxylic acids is 1. The van der Waals surface area contributed by atoms with E-state index in [4.69, 9.17) is 5.11 Å². The van der Waals surface area contributed by atoms with E-state index in [0.29, 0.717) is 19.5 Å². The van der Waals surface area contributed by atoms with Crippen molar-refractivity contribution in [3.8, 4) is 0 Å². The summed E-state index contributed by atoms with van der Waals surface area (Å²) in [4.78, 5) is 24.0. The van der Waals surface area contributed by atoms with Gasteiger partial charge in [-0.2, -0.15) is 0 Å². The molecular weight excluding hydrogens is 380 g/mol. The molecule has 1 amide bonds. The zero-order valence-corrected chi connectivity index (χ0v) is 19.7. The molecule has 6 nitrogen and oxygen atoms in total. The average Bonchev–Trinajstić information content (AvgIpc) is 2.69. The molecule has 178 valence electrons. The highest BCUT2D eigenvalue weighted by molar-refractivity contribution is 5.75. The fourth-order valence-corrected chi connectivity index (χ4v) is 3.66. The number of aliphatic carboxylic acids is 1. The summed E-state index contributed by atoms with van der Waals surface area (Å²) >= 11 is 0. The van der Waals surface area contributed by atoms with Crippen LogP contribution in [0.4, 0.5) is 0 Å². The molecule has 0 aliphatic rings. The Bertz CT molecular complexity index is 416. The standard InChI is InChI=1S/C24H48N2O4/c1-3-4-5-6-7-8-9-10-11-12-13-14-15-16-17-18-23(28)25-19-20-26(22(2)27)21-24(29)30/h22,27H,3-21H2,1-2H3,(H,25,28)(H,29,30). The second kappa shape index (κ2) is 21.1. The third-order valence-electron chi connectivity index (χ3n) is 5.60. The number of nitrogens with zero attached hydrogens (tertiary/aromatic N) is 1. The summed E-state index contributed by atoms with van der Waals surface area (Å²) < 4.78 is 0. The van der Waals surface area contributed by atoms with E-state index in [1.165, 1.54) is 95.3 Å². The molecule has 0 aliphatic heterocycles. The van der Waals surface area contributed by atoms with Crippen LogP contribution in [-0.4, -0.2) is 52.9 Å². The normalized spacial score (nSPS) is 12.3. The number of hydrogen-bond acceptors (Lipinski definition) is 4. The maximum absolute atomic E-state index is 11.8. The first-order valence-electron chi connectivity index (χ1n) is 12.4. The number of aliphatic hydroxyl groups is 1. The van der Waals surface area contributed by atoms with Crippen LogP contribution in [0.15, 0.2) is 0 Å². The van der Waals surface area contributed by atoms with Gasteiger partial charge >= 0.3 is 5.97 Å². The maximum atomic E-state index is 11.8. The molecule has 0 fully saturated rings. The maximum Gasteiger partial charge on any atom is 0.317 e. The van der Waals surface area contributed by atoms with Crippen molar-refractivity contribution in [3.63, 3.8) is 0 Å². The first kappa shape index (κ1) is 28.9. The van der Waals surface area contributed by atoms with E-state index in [1.807, 2.05) is 0 Å². The lowest BCUT2D eigenvalue weighted by Crippen LogP contribution is -2.42. The van der Waals surface area contributed by atoms with Gasteiger partial charge in [0.05, 0.1) is 6.54 Å². The van der Waals surface area contributed by atoms with Gasteiger partial charge in [0.25, 0.3) is 0 Å². The van der Waals surface area contributed by atoms with Gasteiger partial charge in [0.2, 0.25) is 5.91 Å². The van der Waals surface area contributed by atoms with Crippen molar-refractivity contribution < 1.29 is 19.8 Å². The first-order valence-corrected chi connectivity index (χ1v) is 12.4. The van der Waals surface area contributed by atoms with Crippen molar-refractivity contribution in [1.82, 2.24) is 10.2 Å². The molecule has 1 unspecified atom stereocenters. The second-order valence-corrected chi connectivity index (χ2v) is 8.55. The number of unbranched alkanes of at least 4 members (excludes halogenated alkanes) is 14. The summed E-state index contributed by atoms with van der Waals surface area (Å²) in [6, 6.07) is 0. The predicted octanol–water partition coefficient (Wildman–Crippen LogP) is 5.09. The molecule has 0 saturated heterocycles. The first-order chi connectivity index (χ1) is 14.5. The Labute approximate surface area is 184 Å². The van der Waals surface area contributed by atoms with Crippen LogP contribution in [0.1, 0.15) is 117 Å². The Morgan fingerprint density at radius 2 is 1.23 bits per heavy atom. The quantitative estimate of drug-likeness (QED) is 0.165. The van der Waals surface area contributed by atoms with Crippen molar-refractivity contribution >= 4 is 11.9 Å². The lowest BCUT2D eigenvalue weighted by Gasteiger charge is -2.23. The Balaban J connectivity index is 3.38. The van der Waals surface area contributed by atoms with E-state index in [0.717, 1.165) is 12.8 Å². The zero-order chi connectivity index (χ0) is 22.5. The van der Waals surface area contributed by atoms with E-state index in [2.05, 4.69) is 12.2 Å². The predicted molar refractivity (Wildman–Crippen MR) is 123 cm³/mol. The molecule has 0 radical (unpaired) electrons. The van der Waals surface area contributed by atoms with Crippen molar-refractivity contribution in [2.45, 2.75) is 123 Å². The SMILES string of the molecule is CCCCCCCCCCCCCCCCCC(=O)NCCN(CC(=O)O)C(C)O. The number of carboxylic acids is 1. The highest BCUT2D eigenvalue weighted by Gasteiger charge is 2.14. The Morgan fingerprint density at radius 3 is 1.63 bits per heavy atom. The van der Waals surface area contributed by atoms with Crippen LogP contribution in [0.3, 0.4) is 0 Å². The number of hydrogen-bond donors (Lipinski definition) is 3. The molecule has 0 rings (SSSR count). The third-order valence-corrected chi connectivity index (χ3v) is 5.60. The zero-order valence-electron chi connectivity index (χ0n) is 19.7. The van der Waals surface area contributed by atoms with Gasteiger partial charge in [-0.3, -0.25) is 14.5 Å².